The number of para-hydroxylation sites is 1. The van der Waals surface area contributed by atoms with Gasteiger partial charge in [0.2, 0.25) is 0 Å². The van der Waals surface area contributed by atoms with Crippen LogP contribution in [0.25, 0.3) is 99.9 Å². The van der Waals surface area contributed by atoms with Crippen LogP contribution >= 0.6 is 0 Å². The fourth-order valence-corrected chi connectivity index (χ4v) is 7.29. The highest BCUT2D eigenvalue weighted by Gasteiger charge is 2.18. The topological polar surface area (TPSA) is 51.8 Å². The second-order valence-electron chi connectivity index (χ2n) is 12.8. The van der Waals surface area contributed by atoms with Gasteiger partial charge in [0, 0.05) is 27.5 Å². The normalized spacial score (nSPS) is 11.5. The van der Waals surface area contributed by atoms with Crippen LogP contribution in [0.1, 0.15) is 0 Å². The second kappa shape index (κ2) is 11.9. The van der Waals surface area contributed by atoms with Gasteiger partial charge in [0.15, 0.2) is 17.5 Å². The van der Waals surface area contributed by atoms with Gasteiger partial charge in [-0.1, -0.05) is 152 Å². The molecule has 8 aromatic carbocycles. The predicted octanol–water partition coefficient (Wildman–Crippen LogP) is 12.4. The summed E-state index contributed by atoms with van der Waals surface area (Å²) in [6, 6.07) is 61.1. The fraction of sp³-hybridized carbons (Fsp3) is 0. The lowest BCUT2D eigenvalue weighted by Gasteiger charge is -2.13. The van der Waals surface area contributed by atoms with E-state index in [9.17, 15) is 0 Å². The molecule has 10 rings (SSSR count). The maximum Gasteiger partial charge on any atom is 0.164 e. The number of fused-ring (bicyclic) bond motifs is 6. The van der Waals surface area contributed by atoms with Crippen LogP contribution in [0.5, 0.6) is 0 Å². The molecule has 2 aromatic heterocycles. The standard InChI is InChI=1S/C47H29N3O/c1-2-12-30(13-3-1)36-18-6-7-21-41(36)47-49-45(48-46(50-47)35-26-27-40-39-20-8-9-23-42(39)51-43(40)29-35)34-17-10-16-33(28-34)38-22-11-15-32-25-24-31-14-4-5-19-37(31)44(32)38/h1-29H. The van der Waals surface area contributed by atoms with Crippen LogP contribution in [0, 0.1) is 0 Å². The van der Waals surface area contributed by atoms with E-state index in [1.165, 1.54) is 27.1 Å². The maximum atomic E-state index is 6.28. The Hall–Kier alpha value is -6.91. The molecule has 0 N–H and O–H groups in total. The van der Waals surface area contributed by atoms with E-state index < -0.39 is 0 Å². The minimum absolute atomic E-state index is 0.585. The van der Waals surface area contributed by atoms with E-state index in [4.69, 9.17) is 19.4 Å². The van der Waals surface area contributed by atoms with Crippen molar-refractivity contribution in [2.45, 2.75) is 0 Å². The zero-order valence-corrected chi connectivity index (χ0v) is 27.5. The summed E-state index contributed by atoms with van der Waals surface area (Å²) in [4.78, 5) is 15.5. The molecule has 0 unspecified atom stereocenters. The van der Waals surface area contributed by atoms with E-state index in [0.717, 1.165) is 55.3 Å². The number of furan rings is 1. The van der Waals surface area contributed by atoms with Crippen molar-refractivity contribution in [3.63, 3.8) is 0 Å². The number of hydrogen-bond donors (Lipinski definition) is 0. The Morgan fingerprint density at radius 3 is 1.78 bits per heavy atom. The van der Waals surface area contributed by atoms with Gasteiger partial charge in [0.25, 0.3) is 0 Å². The Balaban J connectivity index is 1.18. The third kappa shape index (κ3) is 5.04. The molecular formula is C47H29N3O. The molecule has 0 radical (unpaired) electrons. The highest BCUT2D eigenvalue weighted by molar-refractivity contribution is 6.14. The molecule has 10 aromatic rings. The SMILES string of the molecule is c1ccc(-c2ccccc2-c2nc(-c3cccc(-c4cccc5ccc6ccccc6c45)c3)nc(-c3ccc4c(c3)oc3ccccc34)n2)cc1. The summed E-state index contributed by atoms with van der Waals surface area (Å²) in [7, 11) is 0. The highest BCUT2D eigenvalue weighted by atomic mass is 16.3. The van der Waals surface area contributed by atoms with Gasteiger partial charge in [-0.05, 0) is 68.1 Å². The second-order valence-corrected chi connectivity index (χ2v) is 12.8. The van der Waals surface area contributed by atoms with Gasteiger partial charge in [-0.15, -0.1) is 0 Å². The minimum Gasteiger partial charge on any atom is -0.456 e. The zero-order valence-electron chi connectivity index (χ0n) is 27.5. The van der Waals surface area contributed by atoms with Crippen LogP contribution in [-0.4, -0.2) is 15.0 Å². The number of rotatable bonds is 5. The molecule has 0 atom stereocenters. The van der Waals surface area contributed by atoms with Crippen LogP contribution in [0.15, 0.2) is 180 Å². The molecule has 0 spiro atoms. The van der Waals surface area contributed by atoms with Crippen molar-refractivity contribution in [2.75, 3.05) is 0 Å². The highest BCUT2D eigenvalue weighted by Crippen LogP contribution is 2.38. The van der Waals surface area contributed by atoms with Crippen LogP contribution < -0.4 is 0 Å². The lowest BCUT2D eigenvalue weighted by Crippen LogP contribution is -2.01. The molecule has 0 saturated heterocycles. The van der Waals surface area contributed by atoms with E-state index in [1.54, 1.807) is 0 Å². The van der Waals surface area contributed by atoms with Gasteiger partial charge in [-0.3, -0.25) is 0 Å². The molecular weight excluding hydrogens is 623 g/mol. The van der Waals surface area contributed by atoms with Gasteiger partial charge >= 0.3 is 0 Å². The maximum absolute atomic E-state index is 6.28. The molecule has 0 amide bonds. The minimum atomic E-state index is 0.585. The Morgan fingerprint density at radius 2 is 0.902 bits per heavy atom. The molecule has 238 valence electrons. The summed E-state index contributed by atoms with van der Waals surface area (Å²) in [6.45, 7) is 0. The van der Waals surface area contributed by atoms with Crippen molar-refractivity contribution < 1.29 is 4.42 Å². The number of benzene rings is 8. The van der Waals surface area contributed by atoms with Gasteiger partial charge in [0.05, 0.1) is 0 Å². The van der Waals surface area contributed by atoms with Crippen LogP contribution in [-0.2, 0) is 0 Å². The average Bonchev–Trinajstić information content (AvgIpc) is 3.59. The van der Waals surface area contributed by atoms with E-state index >= 15 is 0 Å². The summed E-state index contributed by atoms with van der Waals surface area (Å²) in [6.07, 6.45) is 0. The summed E-state index contributed by atoms with van der Waals surface area (Å²) < 4.78 is 6.28. The third-order valence-electron chi connectivity index (χ3n) is 9.73. The first-order valence-electron chi connectivity index (χ1n) is 17.1. The molecule has 0 bridgehead atoms. The Kier molecular flexibility index (Phi) is 6.78. The number of aromatic nitrogens is 3. The first-order valence-corrected chi connectivity index (χ1v) is 17.1. The van der Waals surface area contributed by atoms with Crippen LogP contribution in [0.3, 0.4) is 0 Å². The molecule has 0 aliphatic carbocycles. The van der Waals surface area contributed by atoms with Gasteiger partial charge < -0.3 is 4.42 Å². The molecule has 4 heteroatoms. The van der Waals surface area contributed by atoms with E-state index in [0.29, 0.717) is 17.5 Å². The van der Waals surface area contributed by atoms with E-state index in [-0.39, 0.29) is 0 Å². The molecule has 51 heavy (non-hydrogen) atoms. The van der Waals surface area contributed by atoms with Crippen molar-refractivity contribution >= 4 is 43.5 Å². The van der Waals surface area contributed by atoms with Crippen molar-refractivity contribution in [1.29, 1.82) is 0 Å². The summed E-state index contributed by atoms with van der Waals surface area (Å²) in [5.74, 6) is 1.80. The quantitative estimate of drug-likeness (QED) is 0.174. The Labute approximate surface area is 294 Å². The smallest absolute Gasteiger partial charge is 0.164 e. The lowest BCUT2D eigenvalue weighted by molar-refractivity contribution is 0.669. The summed E-state index contributed by atoms with van der Waals surface area (Å²) in [5.41, 5.74) is 8.81. The molecule has 0 saturated carbocycles. The number of nitrogens with zero attached hydrogens (tertiary/aromatic N) is 3. The summed E-state index contributed by atoms with van der Waals surface area (Å²) in [5, 5.41) is 7.05. The molecule has 2 heterocycles. The summed E-state index contributed by atoms with van der Waals surface area (Å²) >= 11 is 0. The monoisotopic (exact) mass is 651 g/mol. The van der Waals surface area contributed by atoms with Crippen LogP contribution in [0.4, 0.5) is 0 Å². The molecule has 0 aliphatic heterocycles. The largest absolute Gasteiger partial charge is 0.456 e. The Bertz CT molecular complexity index is 2930. The average molecular weight is 652 g/mol. The zero-order chi connectivity index (χ0) is 33.7. The third-order valence-corrected chi connectivity index (χ3v) is 9.73. The van der Waals surface area contributed by atoms with Gasteiger partial charge in [0.1, 0.15) is 11.2 Å². The fourth-order valence-electron chi connectivity index (χ4n) is 7.29. The Morgan fingerprint density at radius 1 is 0.314 bits per heavy atom. The van der Waals surface area contributed by atoms with Gasteiger partial charge in [-0.2, -0.15) is 0 Å². The number of hydrogen-bond acceptors (Lipinski definition) is 4. The molecule has 0 aliphatic rings. The van der Waals surface area contributed by atoms with Crippen LogP contribution in [0.2, 0.25) is 0 Å². The predicted molar refractivity (Wildman–Crippen MR) is 209 cm³/mol. The van der Waals surface area contributed by atoms with E-state index in [2.05, 4.69) is 140 Å². The van der Waals surface area contributed by atoms with Crippen molar-refractivity contribution in [3.8, 4) is 56.4 Å². The first kappa shape index (κ1) is 29.0. The molecule has 4 nitrogen and oxygen atoms in total. The van der Waals surface area contributed by atoms with Crippen molar-refractivity contribution in [1.82, 2.24) is 15.0 Å². The lowest BCUT2D eigenvalue weighted by atomic mass is 9.93. The van der Waals surface area contributed by atoms with E-state index in [1.807, 2.05) is 36.4 Å². The van der Waals surface area contributed by atoms with Crippen molar-refractivity contribution in [2.24, 2.45) is 0 Å². The van der Waals surface area contributed by atoms with Gasteiger partial charge in [-0.25, -0.2) is 15.0 Å². The molecule has 0 fully saturated rings. The van der Waals surface area contributed by atoms with Crippen molar-refractivity contribution in [3.05, 3.63) is 176 Å². The first-order chi connectivity index (χ1) is 25.3.